The van der Waals surface area contributed by atoms with E-state index in [0.29, 0.717) is 18.1 Å². The lowest BCUT2D eigenvalue weighted by Gasteiger charge is -2.12. The molecule has 2 aromatic carbocycles. The number of fused-ring (bicyclic) bond motifs is 2. The van der Waals surface area contributed by atoms with Gasteiger partial charge in [0.15, 0.2) is 0 Å². The predicted octanol–water partition coefficient (Wildman–Crippen LogP) is 5.51. The van der Waals surface area contributed by atoms with Crippen LogP contribution in [0.1, 0.15) is 25.3 Å². The third-order valence-corrected chi connectivity index (χ3v) is 5.61. The van der Waals surface area contributed by atoms with Gasteiger partial charge < -0.3 is 15.0 Å². The Morgan fingerprint density at radius 2 is 2.03 bits per heavy atom. The first-order chi connectivity index (χ1) is 15.0. The second-order valence-corrected chi connectivity index (χ2v) is 8.27. The Hall–Kier alpha value is -2.89. The second kappa shape index (κ2) is 9.50. The van der Waals surface area contributed by atoms with Crippen LogP contribution in [0.4, 0.5) is 0 Å². The third kappa shape index (κ3) is 4.89. The lowest BCUT2D eigenvalue weighted by atomic mass is 10.0. The molecule has 0 radical (unpaired) electrons. The van der Waals surface area contributed by atoms with Gasteiger partial charge >= 0.3 is 0 Å². The second-order valence-electron chi connectivity index (χ2n) is 7.84. The van der Waals surface area contributed by atoms with Crippen molar-refractivity contribution < 1.29 is 9.53 Å². The molecule has 5 nitrogen and oxygen atoms in total. The Kier molecular flexibility index (Phi) is 6.54. The molecule has 0 bridgehead atoms. The molecule has 0 saturated carbocycles. The topological polar surface area (TPSA) is 67.0 Å². The maximum atomic E-state index is 12.3. The molecule has 2 heterocycles. The fourth-order valence-electron chi connectivity index (χ4n) is 3.97. The minimum Gasteiger partial charge on any atom is -0.383 e. The molecule has 2 N–H and O–H groups in total. The summed E-state index contributed by atoms with van der Waals surface area (Å²) in [7, 11) is 1.63. The Morgan fingerprint density at radius 1 is 1.19 bits per heavy atom. The van der Waals surface area contributed by atoms with Crippen LogP contribution in [0.2, 0.25) is 5.02 Å². The summed E-state index contributed by atoms with van der Waals surface area (Å²) in [6.45, 7) is 2.44. The van der Waals surface area contributed by atoms with Gasteiger partial charge in [-0.05, 0) is 55.7 Å². The number of carbonyl (C=O) groups excluding carboxylic acids is 1. The van der Waals surface area contributed by atoms with E-state index in [-0.39, 0.29) is 11.9 Å². The van der Waals surface area contributed by atoms with Gasteiger partial charge in [0.2, 0.25) is 5.91 Å². The first-order valence-corrected chi connectivity index (χ1v) is 10.9. The van der Waals surface area contributed by atoms with Crippen molar-refractivity contribution in [2.24, 2.45) is 0 Å². The van der Waals surface area contributed by atoms with E-state index in [0.717, 1.165) is 51.6 Å². The molecule has 0 fully saturated rings. The van der Waals surface area contributed by atoms with Crippen molar-refractivity contribution in [2.75, 3.05) is 13.7 Å². The van der Waals surface area contributed by atoms with Gasteiger partial charge in [-0.15, -0.1) is 0 Å². The van der Waals surface area contributed by atoms with Gasteiger partial charge in [0, 0.05) is 40.9 Å². The number of H-pyrrole nitrogens is 1. The molecule has 0 aliphatic heterocycles. The highest BCUT2D eigenvalue weighted by Crippen LogP contribution is 2.33. The number of methoxy groups -OCH3 is 1. The number of ether oxygens (including phenoxy) is 1. The van der Waals surface area contributed by atoms with Gasteiger partial charge in [0.05, 0.1) is 23.5 Å². The highest BCUT2D eigenvalue weighted by Gasteiger charge is 2.16. The van der Waals surface area contributed by atoms with Crippen molar-refractivity contribution in [3.8, 4) is 11.4 Å². The Morgan fingerprint density at radius 3 is 2.87 bits per heavy atom. The maximum Gasteiger partial charge on any atom is 0.220 e. The molecule has 1 unspecified atom stereocenters. The molecule has 1 atom stereocenters. The van der Waals surface area contributed by atoms with Gasteiger partial charge in [0.1, 0.15) is 0 Å². The molecular formula is C25H26ClN3O2. The van der Waals surface area contributed by atoms with E-state index in [4.69, 9.17) is 21.3 Å². The van der Waals surface area contributed by atoms with Crippen molar-refractivity contribution in [1.82, 2.24) is 15.3 Å². The number of para-hydroxylation sites is 1. The molecule has 1 amide bonds. The zero-order valence-electron chi connectivity index (χ0n) is 17.7. The molecule has 0 aliphatic carbocycles. The van der Waals surface area contributed by atoms with Crippen LogP contribution >= 0.6 is 11.6 Å². The lowest BCUT2D eigenvalue weighted by Crippen LogP contribution is -2.35. The number of aromatic amines is 1. The molecule has 4 rings (SSSR count). The van der Waals surface area contributed by atoms with Crippen LogP contribution < -0.4 is 5.32 Å². The number of hydrogen-bond donors (Lipinski definition) is 2. The summed E-state index contributed by atoms with van der Waals surface area (Å²) in [6, 6.07) is 18.1. The van der Waals surface area contributed by atoms with E-state index < -0.39 is 0 Å². The van der Waals surface area contributed by atoms with E-state index >= 15 is 0 Å². The van der Waals surface area contributed by atoms with Crippen LogP contribution in [0.5, 0.6) is 0 Å². The van der Waals surface area contributed by atoms with Crippen LogP contribution in [0, 0.1) is 0 Å². The Labute approximate surface area is 186 Å². The zero-order chi connectivity index (χ0) is 21.8. The molecule has 160 valence electrons. The Bertz CT molecular complexity index is 1220. The quantitative estimate of drug-likeness (QED) is 0.383. The maximum absolute atomic E-state index is 12.3. The van der Waals surface area contributed by atoms with Gasteiger partial charge in [-0.2, -0.15) is 0 Å². The number of nitrogens with one attached hydrogen (secondary N) is 2. The fourth-order valence-corrected chi connectivity index (χ4v) is 4.14. The minimum atomic E-state index is 0.00163. The van der Waals surface area contributed by atoms with Crippen molar-refractivity contribution >= 4 is 39.3 Å². The molecular weight excluding hydrogens is 410 g/mol. The molecule has 0 aliphatic rings. The molecule has 0 saturated heterocycles. The number of benzene rings is 2. The molecule has 0 spiro atoms. The number of aryl methyl sites for hydroxylation is 1. The largest absolute Gasteiger partial charge is 0.383 e. The average molecular weight is 436 g/mol. The third-order valence-electron chi connectivity index (χ3n) is 5.38. The summed E-state index contributed by atoms with van der Waals surface area (Å²) in [5.74, 6) is 0.0350. The highest BCUT2D eigenvalue weighted by molar-refractivity contribution is 6.31. The van der Waals surface area contributed by atoms with Crippen molar-refractivity contribution in [3.05, 3.63) is 65.2 Å². The first kappa shape index (κ1) is 21.3. The number of halogens is 1. The van der Waals surface area contributed by atoms with Gasteiger partial charge in [-0.1, -0.05) is 35.9 Å². The number of nitrogens with zero attached hydrogens (tertiary/aromatic N) is 1. The van der Waals surface area contributed by atoms with E-state index in [1.807, 2.05) is 49.4 Å². The number of amides is 1. The fraction of sp³-hybridized carbons (Fsp3) is 0.280. The van der Waals surface area contributed by atoms with E-state index in [1.54, 1.807) is 7.11 Å². The SMILES string of the molecule is COCC(C)NC(=O)CCCc1c(-c2ccc3ccccc3n2)[nH]c2ccc(Cl)cc12. The zero-order valence-corrected chi connectivity index (χ0v) is 18.5. The predicted molar refractivity (Wildman–Crippen MR) is 126 cm³/mol. The normalized spacial score (nSPS) is 12.4. The van der Waals surface area contributed by atoms with Crippen LogP contribution in [0.15, 0.2) is 54.6 Å². The van der Waals surface area contributed by atoms with Crippen LogP contribution in [0.3, 0.4) is 0 Å². The number of carbonyl (C=O) groups is 1. The van der Waals surface area contributed by atoms with Gasteiger partial charge in [-0.25, -0.2) is 4.98 Å². The summed E-state index contributed by atoms with van der Waals surface area (Å²) < 4.78 is 5.08. The van der Waals surface area contributed by atoms with Gasteiger partial charge in [-0.3, -0.25) is 4.79 Å². The number of hydrogen-bond acceptors (Lipinski definition) is 3. The summed E-state index contributed by atoms with van der Waals surface area (Å²) in [6.07, 6.45) is 1.92. The number of pyridine rings is 1. The summed E-state index contributed by atoms with van der Waals surface area (Å²) in [5.41, 5.74) is 4.98. The average Bonchev–Trinajstić information content (AvgIpc) is 3.11. The van der Waals surface area contributed by atoms with E-state index in [1.165, 1.54) is 0 Å². The number of aromatic nitrogens is 2. The summed E-state index contributed by atoms with van der Waals surface area (Å²) in [5, 5.41) is 5.84. The van der Waals surface area contributed by atoms with Crippen molar-refractivity contribution in [1.29, 1.82) is 0 Å². The Balaban J connectivity index is 1.61. The standard InChI is InChI=1S/C25H26ClN3O2/c1-16(15-31-2)27-24(30)9-5-7-19-20-14-18(26)11-13-22(20)29-25(19)23-12-10-17-6-3-4-8-21(17)28-23/h3-4,6,8,10-14,16,29H,5,7,9,15H2,1-2H3,(H,27,30). The summed E-state index contributed by atoms with van der Waals surface area (Å²) >= 11 is 6.29. The van der Waals surface area contributed by atoms with E-state index in [9.17, 15) is 4.79 Å². The van der Waals surface area contributed by atoms with Crippen molar-refractivity contribution in [2.45, 2.75) is 32.2 Å². The first-order valence-electron chi connectivity index (χ1n) is 10.5. The smallest absolute Gasteiger partial charge is 0.220 e. The van der Waals surface area contributed by atoms with Crippen LogP contribution in [0.25, 0.3) is 33.2 Å². The van der Waals surface area contributed by atoms with Gasteiger partial charge in [0.25, 0.3) is 0 Å². The van der Waals surface area contributed by atoms with Crippen molar-refractivity contribution in [3.63, 3.8) is 0 Å². The monoisotopic (exact) mass is 435 g/mol. The molecule has 6 heteroatoms. The lowest BCUT2D eigenvalue weighted by molar-refractivity contribution is -0.122. The summed E-state index contributed by atoms with van der Waals surface area (Å²) in [4.78, 5) is 20.7. The van der Waals surface area contributed by atoms with Crippen LogP contribution in [-0.2, 0) is 16.0 Å². The molecule has 31 heavy (non-hydrogen) atoms. The number of rotatable bonds is 8. The van der Waals surface area contributed by atoms with Crippen LogP contribution in [-0.4, -0.2) is 35.6 Å². The minimum absolute atomic E-state index is 0.00163. The van der Waals surface area contributed by atoms with E-state index in [2.05, 4.69) is 22.4 Å². The highest BCUT2D eigenvalue weighted by atomic mass is 35.5. The molecule has 2 aromatic heterocycles. The molecule has 4 aromatic rings.